The molecule has 3 saturated heterocycles. The lowest BCUT2D eigenvalue weighted by atomic mass is 9.83. The molecule has 0 radical (unpaired) electrons. The van der Waals surface area contributed by atoms with Crippen molar-refractivity contribution in [2.24, 2.45) is 11.8 Å². The predicted octanol–water partition coefficient (Wildman–Crippen LogP) is 2.78. The molecule has 0 aliphatic carbocycles. The molecule has 4 rings (SSSR count). The quantitative estimate of drug-likeness (QED) is 0.696. The standard InChI is InChI=1S/C24H35N3O4/c1-25(15-17-7-6-12-26-11-5-4-8-20(17)26)24(29)18-13-23(28)27(16-18)21-10-9-19(30-2)14-22(21)31-3/h9-10,14,17-18,20H,4-8,11-13,15-16H2,1-3H3. The highest BCUT2D eigenvalue weighted by molar-refractivity contribution is 6.01. The van der Waals surface area contributed by atoms with Crippen LogP contribution in [0.4, 0.5) is 5.69 Å². The first-order chi connectivity index (χ1) is 15.0. The van der Waals surface area contributed by atoms with E-state index in [9.17, 15) is 9.59 Å². The van der Waals surface area contributed by atoms with Gasteiger partial charge in [0.2, 0.25) is 11.8 Å². The number of piperidine rings is 2. The van der Waals surface area contributed by atoms with Gasteiger partial charge in [-0.2, -0.15) is 0 Å². The minimum Gasteiger partial charge on any atom is -0.497 e. The molecule has 0 bridgehead atoms. The zero-order valence-electron chi connectivity index (χ0n) is 19.0. The van der Waals surface area contributed by atoms with Crippen molar-refractivity contribution in [3.63, 3.8) is 0 Å². The molecular formula is C24H35N3O4. The van der Waals surface area contributed by atoms with E-state index in [2.05, 4.69) is 4.90 Å². The van der Waals surface area contributed by atoms with E-state index in [1.165, 1.54) is 45.2 Å². The first-order valence-electron chi connectivity index (χ1n) is 11.5. The van der Waals surface area contributed by atoms with Crippen LogP contribution in [0.15, 0.2) is 18.2 Å². The molecule has 0 N–H and O–H groups in total. The number of rotatable bonds is 6. The summed E-state index contributed by atoms with van der Waals surface area (Å²) in [5.41, 5.74) is 0.691. The second kappa shape index (κ2) is 9.47. The number of hydrogen-bond acceptors (Lipinski definition) is 5. The number of nitrogens with zero attached hydrogens (tertiary/aromatic N) is 3. The van der Waals surface area contributed by atoms with Gasteiger partial charge < -0.3 is 24.2 Å². The van der Waals surface area contributed by atoms with Crippen LogP contribution in [-0.4, -0.2) is 75.1 Å². The van der Waals surface area contributed by atoms with Gasteiger partial charge in [-0.1, -0.05) is 6.42 Å². The van der Waals surface area contributed by atoms with Crippen LogP contribution in [0.1, 0.15) is 38.5 Å². The van der Waals surface area contributed by atoms with Gasteiger partial charge in [-0.05, 0) is 56.8 Å². The molecule has 3 fully saturated rings. The minimum atomic E-state index is -0.310. The van der Waals surface area contributed by atoms with Gasteiger partial charge in [0.15, 0.2) is 0 Å². The number of fused-ring (bicyclic) bond motifs is 1. The zero-order valence-corrected chi connectivity index (χ0v) is 19.0. The second-order valence-corrected chi connectivity index (χ2v) is 9.16. The SMILES string of the molecule is COc1ccc(N2CC(C(=O)N(C)CC3CCCN4CCCCC34)CC2=O)c(OC)c1. The monoisotopic (exact) mass is 429 g/mol. The molecule has 1 aromatic rings. The Bertz CT molecular complexity index is 812. The van der Waals surface area contributed by atoms with Crippen LogP contribution in [0.2, 0.25) is 0 Å². The van der Waals surface area contributed by atoms with E-state index in [0.29, 0.717) is 35.7 Å². The molecule has 0 saturated carbocycles. The van der Waals surface area contributed by atoms with Gasteiger partial charge in [0.25, 0.3) is 0 Å². The van der Waals surface area contributed by atoms with Gasteiger partial charge in [0, 0.05) is 38.7 Å². The number of benzene rings is 1. The Morgan fingerprint density at radius 3 is 2.71 bits per heavy atom. The number of hydrogen-bond donors (Lipinski definition) is 0. The summed E-state index contributed by atoms with van der Waals surface area (Å²) >= 11 is 0. The summed E-state index contributed by atoms with van der Waals surface area (Å²) in [6.45, 7) is 3.59. The molecule has 7 nitrogen and oxygen atoms in total. The van der Waals surface area contributed by atoms with Crippen LogP contribution in [-0.2, 0) is 9.59 Å². The van der Waals surface area contributed by atoms with Crippen LogP contribution in [0.3, 0.4) is 0 Å². The first kappa shape index (κ1) is 21.9. The van der Waals surface area contributed by atoms with Gasteiger partial charge >= 0.3 is 0 Å². The molecule has 31 heavy (non-hydrogen) atoms. The molecule has 1 aromatic carbocycles. The van der Waals surface area contributed by atoms with E-state index in [1.54, 1.807) is 25.2 Å². The van der Waals surface area contributed by atoms with Crippen LogP contribution >= 0.6 is 0 Å². The summed E-state index contributed by atoms with van der Waals surface area (Å²) in [5.74, 6) is 1.52. The molecule has 0 spiro atoms. The Morgan fingerprint density at radius 2 is 1.94 bits per heavy atom. The van der Waals surface area contributed by atoms with Crippen LogP contribution < -0.4 is 14.4 Å². The van der Waals surface area contributed by atoms with E-state index in [4.69, 9.17) is 9.47 Å². The topological polar surface area (TPSA) is 62.3 Å². The molecule has 2 amide bonds. The number of amides is 2. The lowest BCUT2D eigenvalue weighted by Gasteiger charge is -2.45. The fraction of sp³-hybridized carbons (Fsp3) is 0.667. The third-order valence-corrected chi connectivity index (χ3v) is 7.27. The van der Waals surface area contributed by atoms with Crippen molar-refractivity contribution in [2.45, 2.75) is 44.6 Å². The highest BCUT2D eigenvalue weighted by Crippen LogP contribution is 2.36. The molecular weight excluding hydrogens is 394 g/mol. The van der Waals surface area contributed by atoms with E-state index < -0.39 is 0 Å². The molecule has 3 aliphatic rings. The molecule has 3 heterocycles. The molecule has 3 atom stereocenters. The fourth-order valence-electron chi connectivity index (χ4n) is 5.66. The summed E-state index contributed by atoms with van der Waals surface area (Å²) < 4.78 is 10.7. The first-order valence-corrected chi connectivity index (χ1v) is 11.5. The van der Waals surface area contributed by atoms with E-state index >= 15 is 0 Å². The molecule has 0 aromatic heterocycles. The molecule has 170 valence electrons. The lowest BCUT2D eigenvalue weighted by Crippen LogP contribution is -2.51. The van der Waals surface area contributed by atoms with E-state index in [1.807, 2.05) is 24.1 Å². The van der Waals surface area contributed by atoms with Crippen molar-refractivity contribution in [3.8, 4) is 11.5 Å². The van der Waals surface area contributed by atoms with E-state index in [-0.39, 0.29) is 24.2 Å². The lowest BCUT2D eigenvalue weighted by molar-refractivity contribution is -0.135. The van der Waals surface area contributed by atoms with Gasteiger partial charge in [0.05, 0.1) is 25.8 Å². The Kier molecular flexibility index (Phi) is 6.70. The van der Waals surface area contributed by atoms with Crippen molar-refractivity contribution in [3.05, 3.63) is 18.2 Å². The summed E-state index contributed by atoms with van der Waals surface area (Å²) in [6, 6.07) is 6.02. The van der Waals surface area contributed by atoms with Crippen molar-refractivity contribution in [1.82, 2.24) is 9.80 Å². The summed E-state index contributed by atoms with van der Waals surface area (Å²) in [6.07, 6.45) is 6.50. The largest absolute Gasteiger partial charge is 0.497 e. The van der Waals surface area contributed by atoms with Crippen molar-refractivity contribution < 1.29 is 19.1 Å². The van der Waals surface area contributed by atoms with Gasteiger partial charge in [-0.3, -0.25) is 9.59 Å². The average molecular weight is 430 g/mol. The van der Waals surface area contributed by atoms with Gasteiger partial charge in [0.1, 0.15) is 11.5 Å². The Hall–Kier alpha value is -2.28. The van der Waals surface area contributed by atoms with Gasteiger partial charge in [-0.25, -0.2) is 0 Å². The van der Waals surface area contributed by atoms with Gasteiger partial charge in [-0.15, -0.1) is 0 Å². The number of ether oxygens (including phenoxy) is 2. The summed E-state index contributed by atoms with van der Waals surface area (Å²) in [7, 11) is 5.08. The summed E-state index contributed by atoms with van der Waals surface area (Å²) in [5, 5.41) is 0. The average Bonchev–Trinajstić information content (AvgIpc) is 3.19. The maximum Gasteiger partial charge on any atom is 0.227 e. The molecule has 3 aliphatic heterocycles. The fourth-order valence-corrected chi connectivity index (χ4v) is 5.66. The minimum absolute atomic E-state index is 0.0358. The zero-order chi connectivity index (χ0) is 22.0. The Balaban J connectivity index is 1.41. The number of methoxy groups -OCH3 is 2. The van der Waals surface area contributed by atoms with Crippen LogP contribution in [0.25, 0.3) is 0 Å². The summed E-state index contributed by atoms with van der Waals surface area (Å²) in [4.78, 5) is 32.2. The third kappa shape index (κ3) is 4.52. The smallest absolute Gasteiger partial charge is 0.227 e. The van der Waals surface area contributed by atoms with Crippen LogP contribution in [0.5, 0.6) is 11.5 Å². The molecule has 7 heteroatoms. The number of carbonyl (C=O) groups is 2. The maximum atomic E-state index is 13.2. The predicted molar refractivity (Wildman–Crippen MR) is 120 cm³/mol. The number of anilines is 1. The normalized spacial score (nSPS) is 26.5. The van der Waals surface area contributed by atoms with Crippen LogP contribution in [0, 0.1) is 11.8 Å². The third-order valence-electron chi connectivity index (χ3n) is 7.27. The maximum absolute atomic E-state index is 13.2. The molecule has 3 unspecified atom stereocenters. The van der Waals surface area contributed by atoms with E-state index in [0.717, 1.165) is 6.54 Å². The highest BCUT2D eigenvalue weighted by atomic mass is 16.5. The Morgan fingerprint density at radius 1 is 1.13 bits per heavy atom. The van der Waals surface area contributed by atoms with Crippen molar-refractivity contribution in [1.29, 1.82) is 0 Å². The highest BCUT2D eigenvalue weighted by Gasteiger charge is 2.39. The number of carbonyl (C=O) groups excluding carboxylic acids is 2. The second-order valence-electron chi connectivity index (χ2n) is 9.16. The van der Waals surface area contributed by atoms with Crippen molar-refractivity contribution >= 4 is 17.5 Å². The van der Waals surface area contributed by atoms with Crippen molar-refractivity contribution in [2.75, 3.05) is 52.3 Å². The Labute approximate surface area is 185 Å².